The Balaban J connectivity index is 1.81. The molecule has 0 aromatic heterocycles. The van der Waals surface area contributed by atoms with Crippen molar-refractivity contribution in [3.63, 3.8) is 0 Å². The third-order valence-corrected chi connectivity index (χ3v) is 4.32. The predicted octanol–water partition coefficient (Wildman–Crippen LogP) is 2.03. The molecule has 3 unspecified atom stereocenters. The second kappa shape index (κ2) is 4.54. The molecule has 1 amide bonds. The number of Topliss-reactive ketones (excluding diaryl/α,β-unsaturated/α-hetero) is 1. The SMILES string of the molecule is O=C1CCC2C(=O)[N+]([O-])(Cc3ccccc3)CC2C1. The third kappa shape index (κ3) is 2.22. The molecule has 0 bridgehead atoms. The molecule has 19 heavy (non-hydrogen) atoms. The number of ketones is 1. The molecule has 0 N–H and O–H groups in total. The van der Waals surface area contributed by atoms with Crippen molar-refractivity contribution in [2.75, 3.05) is 6.54 Å². The van der Waals surface area contributed by atoms with Crippen LogP contribution in [0.15, 0.2) is 30.3 Å². The molecule has 1 aliphatic heterocycles. The van der Waals surface area contributed by atoms with Crippen LogP contribution in [0.4, 0.5) is 0 Å². The average molecular weight is 259 g/mol. The van der Waals surface area contributed by atoms with Crippen LogP contribution in [0.2, 0.25) is 0 Å². The van der Waals surface area contributed by atoms with Crippen LogP contribution in [-0.2, 0) is 16.1 Å². The first-order chi connectivity index (χ1) is 9.08. The molecule has 0 spiro atoms. The van der Waals surface area contributed by atoms with E-state index in [9.17, 15) is 14.8 Å². The van der Waals surface area contributed by atoms with Gasteiger partial charge in [0.15, 0.2) is 0 Å². The molecule has 4 heteroatoms. The molecular weight excluding hydrogens is 242 g/mol. The van der Waals surface area contributed by atoms with Gasteiger partial charge in [0, 0.05) is 24.3 Å². The highest BCUT2D eigenvalue weighted by Crippen LogP contribution is 2.40. The van der Waals surface area contributed by atoms with Crippen LogP contribution < -0.4 is 0 Å². The molecule has 4 nitrogen and oxygen atoms in total. The first-order valence-corrected chi connectivity index (χ1v) is 6.76. The summed E-state index contributed by atoms with van der Waals surface area (Å²) in [6.45, 7) is 0.463. The van der Waals surface area contributed by atoms with Gasteiger partial charge in [-0.1, -0.05) is 30.3 Å². The van der Waals surface area contributed by atoms with Crippen molar-refractivity contribution in [1.82, 2.24) is 0 Å². The summed E-state index contributed by atoms with van der Waals surface area (Å²) < 4.78 is -0.785. The highest BCUT2D eigenvalue weighted by atomic mass is 16.6. The number of hydroxylamine groups is 3. The Bertz CT molecular complexity index is 513. The number of likely N-dealkylation sites (tertiary alicyclic amines) is 1. The maximum atomic E-state index is 12.8. The Hall–Kier alpha value is -1.52. The van der Waals surface area contributed by atoms with Crippen LogP contribution in [0, 0.1) is 17.0 Å². The Morgan fingerprint density at radius 2 is 1.95 bits per heavy atom. The number of nitrogens with zero attached hydrogens (tertiary/aromatic N) is 1. The lowest BCUT2D eigenvalue weighted by molar-refractivity contribution is -0.812. The summed E-state index contributed by atoms with van der Waals surface area (Å²) in [4.78, 5) is 23.8. The molecule has 1 heterocycles. The van der Waals surface area contributed by atoms with Gasteiger partial charge in [0.1, 0.15) is 12.3 Å². The Kier molecular flexibility index (Phi) is 2.99. The zero-order valence-electron chi connectivity index (χ0n) is 10.7. The molecule has 1 aromatic rings. The van der Waals surface area contributed by atoms with Crippen LogP contribution >= 0.6 is 0 Å². The van der Waals surface area contributed by atoms with Gasteiger partial charge < -0.3 is 5.21 Å². The van der Waals surface area contributed by atoms with Crippen LogP contribution in [0.1, 0.15) is 24.8 Å². The van der Waals surface area contributed by atoms with Crippen molar-refractivity contribution in [2.45, 2.75) is 25.8 Å². The zero-order chi connectivity index (χ0) is 13.5. The Morgan fingerprint density at radius 3 is 2.68 bits per heavy atom. The van der Waals surface area contributed by atoms with Crippen molar-refractivity contribution in [3.8, 4) is 0 Å². The van der Waals surface area contributed by atoms with Gasteiger partial charge in [-0.3, -0.25) is 9.44 Å². The number of amides is 1. The molecule has 2 fully saturated rings. The summed E-state index contributed by atoms with van der Waals surface area (Å²) in [5.74, 6) is -0.252. The lowest BCUT2D eigenvalue weighted by Gasteiger charge is -2.36. The number of hydrogen-bond acceptors (Lipinski definition) is 3. The van der Waals surface area contributed by atoms with Gasteiger partial charge >= 0.3 is 5.91 Å². The molecule has 1 saturated carbocycles. The summed E-state index contributed by atoms with van der Waals surface area (Å²) in [6, 6.07) is 9.39. The van der Waals surface area contributed by atoms with E-state index < -0.39 is 4.65 Å². The van der Waals surface area contributed by atoms with E-state index in [4.69, 9.17) is 0 Å². The molecule has 3 atom stereocenters. The molecule has 1 aliphatic carbocycles. The van der Waals surface area contributed by atoms with Crippen LogP contribution in [0.25, 0.3) is 0 Å². The van der Waals surface area contributed by atoms with Gasteiger partial charge in [0.05, 0.1) is 12.5 Å². The molecule has 100 valence electrons. The smallest absolute Gasteiger partial charge is 0.317 e. The summed E-state index contributed by atoms with van der Waals surface area (Å²) in [6.07, 6.45) is 1.44. The number of carbonyl (C=O) groups is 2. The molecule has 0 radical (unpaired) electrons. The molecule has 1 aromatic carbocycles. The van der Waals surface area contributed by atoms with Crippen LogP contribution in [-0.4, -0.2) is 22.9 Å². The van der Waals surface area contributed by atoms with E-state index in [2.05, 4.69) is 0 Å². The van der Waals surface area contributed by atoms with Crippen LogP contribution in [0.5, 0.6) is 0 Å². The van der Waals surface area contributed by atoms with Crippen molar-refractivity contribution in [2.24, 2.45) is 11.8 Å². The first-order valence-electron chi connectivity index (χ1n) is 6.76. The topological polar surface area (TPSA) is 57.2 Å². The molecular formula is C15H17NO3. The minimum absolute atomic E-state index is 0.0324. The normalized spacial score (nSPS) is 34.4. The quantitative estimate of drug-likeness (QED) is 0.603. The number of quaternary nitrogens is 1. The second-order valence-electron chi connectivity index (χ2n) is 5.70. The highest BCUT2D eigenvalue weighted by molar-refractivity contribution is 5.84. The van der Waals surface area contributed by atoms with Gasteiger partial charge in [0.2, 0.25) is 0 Å². The van der Waals surface area contributed by atoms with E-state index in [1.165, 1.54) is 0 Å². The lowest BCUT2D eigenvalue weighted by atomic mass is 9.81. The van der Waals surface area contributed by atoms with Gasteiger partial charge in [-0.25, -0.2) is 4.79 Å². The van der Waals surface area contributed by atoms with Gasteiger partial charge in [0.25, 0.3) is 0 Å². The summed E-state index contributed by atoms with van der Waals surface area (Å²) in [7, 11) is 0. The first kappa shape index (κ1) is 12.5. The van der Waals surface area contributed by atoms with E-state index in [0.717, 1.165) is 5.56 Å². The maximum absolute atomic E-state index is 12.8. The number of hydrogen-bond donors (Lipinski definition) is 0. The maximum Gasteiger partial charge on any atom is 0.317 e. The number of benzene rings is 1. The summed E-state index contributed by atoms with van der Waals surface area (Å²) in [5, 5.41) is 12.8. The summed E-state index contributed by atoms with van der Waals surface area (Å²) in [5.41, 5.74) is 0.885. The van der Waals surface area contributed by atoms with Crippen molar-refractivity contribution in [1.29, 1.82) is 0 Å². The van der Waals surface area contributed by atoms with E-state index in [-0.39, 0.29) is 36.6 Å². The van der Waals surface area contributed by atoms with Crippen LogP contribution in [0.3, 0.4) is 0 Å². The predicted molar refractivity (Wildman–Crippen MR) is 69.5 cm³/mol. The van der Waals surface area contributed by atoms with E-state index in [1.54, 1.807) is 0 Å². The third-order valence-electron chi connectivity index (χ3n) is 4.32. The fraction of sp³-hybridized carbons (Fsp3) is 0.467. The summed E-state index contributed by atoms with van der Waals surface area (Å²) >= 11 is 0. The standard InChI is InChI=1S/C15H17NO3/c17-13-6-7-14-12(8-13)10-16(19,15(14)18)9-11-4-2-1-3-5-11/h1-5,12,14H,6-10H2. The highest BCUT2D eigenvalue weighted by Gasteiger charge is 2.51. The van der Waals surface area contributed by atoms with Gasteiger partial charge in [-0.15, -0.1) is 0 Å². The molecule has 1 saturated heterocycles. The van der Waals surface area contributed by atoms with E-state index in [1.807, 2.05) is 30.3 Å². The van der Waals surface area contributed by atoms with E-state index in [0.29, 0.717) is 19.3 Å². The van der Waals surface area contributed by atoms with Crippen molar-refractivity contribution < 1.29 is 14.2 Å². The van der Waals surface area contributed by atoms with Gasteiger partial charge in [-0.2, -0.15) is 0 Å². The lowest BCUT2D eigenvalue weighted by Crippen LogP contribution is -2.43. The van der Waals surface area contributed by atoms with Crippen molar-refractivity contribution >= 4 is 11.7 Å². The molecule has 2 aliphatic rings. The fourth-order valence-electron chi connectivity index (χ4n) is 3.40. The zero-order valence-corrected chi connectivity index (χ0v) is 10.7. The largest absolute Gasteiger partial charge is 0.625 e. The number of fused-ring (bicyclic) bond motifs is 1. The minimum Gasteiger partial charge on any atom is -0.625 e. The van der Waals surface area contributed by atoms with E-state index >= 15 is 0 Å². The fourth-order valence-corrected chi connectivity index (χ4v) is 3.40. The number of carbonyl (C=O) groups excluding carboxylic acids is 2. The second-order valence-corrected chi connectivity index (χ2v) is 5.70. The monoisotopic (exact) mass is 259 g/mol. The number of rotatable bonds is 2. The average Bonchev–Trinajstić information content (AvgIpc) is 2.62. The minimum atomic E-state index is -0.785. The molecule has 3 rings (SSSR count). The Labute approximate surface area is 112 Å². The van der Waals surface area contributed by atoms with Crippen molar-refractivity contribution in [3.05, 3.63) is 41.1 Å². The Morgan fingerprint density at radius 1 is 1.21 bits per heavy atom. The van der Waals surface area contributed by atoms with Gasteiger partial charge in [-0.05, 0) is 6.42 Å².